The maximum absolute atomic E-state index is 5.20. The van der Waals surface area contributed by atoms with Crippen LogP contribution in [0.15, 0.2) is 218 Å². The summed E-state index contributed by atoms with van der Waals surface area (Å²) >= 11 is 0. The number of rotatable bonds is 6. The van der Waals surface area contributed by atoms with Gasteiger partial charge in [0.1, 0.15) is 0 Å². The first kappa shape index (κ1) is 35.2. The highest BCUT2D eigenvalue weighted by Gasteiger charge is 2.24. The van der Waals surface area contributed by atoms with Crippen LogP contribution in [0.2, 0.25) is 0 Å². The van der Waals surface area contributed by atoms with Crippen molar-refractivity contribution in [2.45, 2.75) is 0 Å². The zero-order chi connectivity index (χ0) is 41.4. The smallest absolute Gasteiger partial charge is 0.164 e. The lowest BCUT2D eigenvalue weighted by molar-refractivity contribution is 1.08. The molecule has 0 unspecified atom stereocenters. The van der Waals surface area contributed by atoms with E-state index in [0.29, 0.717) is 17.5 Å². The third-order valence-corrected chi connectivity index (χ3v) is 12.5. The quantitative estimate of drug-likeness (QED) is 0.168. The van der Waals surface area contributed by atoms with E-state index in [2.05, 4.69) is 196 Å². The molecule has 4 aromatic heterocycles. The minimum Gasteiger partial charge on any atom is -0.309 e. The van der Waals surface area contributed by atoms with E-state index in [9.17, 15) is 0 Å². The van der Waals surface area contributed by atoms with Crippen LogP contribution in [-0.2, 0) is 0 Å². The third-order valence-electron chi connectivity index (χ3n) is 12.5. The van der Waals surface area contributed by atoms with Gasteiger partial charge in [-0.2, -0.15) is 0 Å². The molecule has 6 heteroatoms. The monoisotopic (exact) mass is 804 g/mol. The minimum atomic E-state index is 0.629. The van der Waals surface area contributed by atoms with Gasteiger partial charge >= 0.3 is 0 Å². The Balaban J connectivity index is 1.12. The Morgan fingerprint density at radius 1 is 0.270 bits per heavy atom. The van der Waals surface area contributed by atoms with Gasteiger partial charge in [-0.25, -0.2) is 15.0 Å². The van der Waals surface area contributed by atoms with Gasteiger partial charge in [0.15, 0.2) is 17.5 Å². The van der Waals surface area contributed by atoms with Crippen molar-refractivity contribution < 1.29 is 0 Å². The molecule has 0 aliphatic heterocycles. The zero-order valence-corrected chi connectivity index (χ0v) is 34.0. The maximum Gasteiger partial charge on any atom is 0.164 e. The summed E-state index contributed by atoms with van der Waals surface area (Å²) < 4.78 is 7.27. The minimum absolute atomic E-state index is 0.629. The second kappa shape index (κ2) is 14.0. The molecule has 4 heterocycles. The molecule has 0 atom stereocenters. The zero-order valence-electron chi connectivity index (χ0n) is 34.0. The van der Waals surface area contributed by atoms with Gasteiger partial charge in [-0.3, -0.25) is 0 Å². The van der Waals surface area contributed by atoms with Crippen LogP contribution in [0, 0.1) is 0 Å². The summed E-state index contributed by atoms with van der Waals surface area (Å²) in [6.07, 6.45) is 0. The van der Waals surface area contributed by atoms with Gasteiger partial charge in [0.25, 0.3) is 0 Å². The fraction of sp³-hybridized carbons (Fsp3) is 0. The van der Waals surface area contributed by atoms with Crippen molar-refractivity contribution in [1.82, 2.24) is 28.7 Å². The Labute approximate surface area is 362 Å². The van der Waals surface area contributed by atoms with E-state index in [1.165, 1.54) is 38.1 Å². The van der Waals surface area contributed by atoms with E-state index in [1.807, 2.05) is 36.4 Å². The number of para-hydroxylation sites is 4. The average Bonchev–Trinajstić information content (AvgIpc) is 4.00. The van der Waals surface area contributed by atoms with E-state index < -0.39 is 0 Å². The first-order chi connectivity index (χ1) is 31.3. The molecule has 6 nitrogen and oxygen atoms in total. The molecule has 0 aliphatic carbocycles. The van der Waals surface area contributed by atoms with Crippen LogP contribution in [0.1, 0.15) is 0 Å². The van der Waals surface area contributed by atoms with Crippen molar-refractivity contribution in [2.24, 2.45) is 0 Å². The maximum atomic E-state index is 5.20. The highest BCUT2D eigenvalue weighted by atomic mass is 15.0. The summed E-state index contributed by atoms with van der Waals surface area (Å²) in [5.41, 5.74) is 13.0. The number of hydrogen-bond acceptors (Lipinski definition) is 3. The second-order valence-corrected chi connectivity index (χ2v) is 16.0. The van der Waals surface area contributed by atoms with Gasteiger partial charge in [0.05, 0.1) is 33.1 Å². The number of aromatic nitrogens is 6. The summed E-state index contributed by atoms with van der Waals surface area (Å²) in [5.74, 6) is 1.90. The van der Waals surface area contributed by atoms with E-state index in [1.54, 1.807) is 0 Å². The van der Waals surface area contributed by atoms with Crippen LogP contribution in [0.5, 0.6) is 0 Å². The van der Waals surface area contributed by atoms with Crippen LogP contribution in [0.4, 0.5) is 0 Å². The Hall–Kier alpha value is -8.61. The van der Waals surface area contributed by atoms with Gasteiger partial charge in [0, 0.05) is 66.1 Å². The lowest BCUT2D eigenvalue weighted by Gasteiger charge is -2.12. The summed E-state index contributed by atoms with van der Waals surface area (Å²) in [7, 11) is 0. The molecule has 294 valence electrons. The molecule has 0 spiro atoms. The van der Waals surface area contributed by atoms with Crippen LogP contribution >= 0.6 is 0 Å². The Morgan fingerprint density at radius 2 is 0.746 bits per heavy atom. The molecule has 0 radical (unpaired) electrons. The first-order valence-electron chi connectivity index (χ1n) is 21.3. The van der Waals surface area contributed by atoms with Crippen molar-refractivity contribution in [1.29, 1.82) is 0 Å². The van der Waals surface area contributed by atoms with E-state index in [4.69, 9.17) is 15.0 Å². The number of benzene rings is 9. The molecule has 0 aliphatic rings. The molecule has 63 heavy (non-hydrogen) atoms. The van der Waals surface area contributed by atoms with E-state index in [-0.39, 0.29) is 0 Å². The number of nitrogens with zero attached hydrogens (tertiary/aromatic N) is 6. The second-order valence-electron chi connectivity index (χ2n) is 16.0. The molecule has 0 N–H and O–H groups in total. The number of hydrogen-bond donors (Lipinski definition) is 0. The van der Waals surface area contributed by atoms with Crippen LogP contribution in [0.3, 0.4) is 0 Å². The van der Waals surface area contributed by atoms with Crippen molar-refractivity contribution in [3.8, 4) is 51.2 Å². The summed E-state index contributed by atoms with van der Waals surface area (Å²) in [6.45, 7) is 0. The SMILES string of the molecule is c1ccc(-c2nc(-c3ccccc3)nc(-c3cccc4c3c3ccc(-n5c6ccccc6c6ccc7c(c8ccccc8n7-c7ccccc7)c65)cc3n4-c3ccccc3)n2)cc1. The first-order valence-corrected chi connectivity index (χ1v) is 21.3. The normalized spacial score (nSPS) is 11.8. The van der Waals surface area contributed by atoms with Crippen molar-refractivity contribution in [3.63, 3.8) is 0 Å². The largest absolute Gasteiger partial charge is 0.309 e. The summed E-state index contributed by atoms with van der Waals surface area (Å²) in [6, 6.07) is 77.3. The van der Waals surface area contributed by atoms with Gasteiger partial charge in [-0.1, -0.05) is 158 Å². The fourth-order valence-electron chi connectivity index (χ4n) is 9.80. The van der Waals surface area contributed by atoms with Crippen LogP contribution in [0.25, 0.3) is 117 Å². The highest BCUT2D eigenvalue weighted by molar-refractivity contribution is 6.26. The summed E-state index contributed by atoms with van der Waals surface area (Å²) in [4.78, 5) is 15.4. The molecular formula is C57H36N6. The molecule has 0 amide bonds. The average molecular weight is 805 g/mol. The Kier molecular flexibility index (Phi) is 7.80. The molecule has 0 bridgehead atoms. The fourth-order valence-corrected chi connectivity index (χ4v) is 9.80. The van der Waals surface area contributed by atoms with Gasteiger partial charge in [-0.15, -0.1) is 0 Å². The molecular weight excluding hydrogens is 769 g/mol. The lowest BCUT2D eigenvalue weighted by atomic mass is 10.0. The Morgan fingerprint density at radius 3 is 1.40 bits per heavy atom. The molecule has 0 saturated carbocycles. The predicted molar refractivity (Wildman–Crippen MR) is 259 cm³/mol. The summed E-state index contributed by atoms with van der Waals surface area (Å²) in [5, 5.41) is 7.09. The number of fused-ring (bicyclic) bond motifs is 10. The molecule has 0 saturated heterocycles. The van der Waals surface area contributed by atoms with Gasteiger partial charge in [-0.05, 0) is 60.7 Å². The third kappa shape index (κ3) is 5.41. The topological polar surface area (TPSA) is 53.5 Å². The van der Waals surface area contributed by atoms with Crippen molar-refractivity contribution in [3.05, 3.63) is 218 Å². The molecule has 9 aromatic carbocycles. The van der Waals surface area contributed by atoms with Crippen LogP contribution in [-0.4, -0.2) is 28.7 Å². The molecule has 0 fully saturated rings. The predicted octanol–water partition coefficient (Wildman–Crippen LogP) is 14.2. The standard InChI is InChI=1S/C57H36N6/c1-5-18-37(19-6-1)55-58-56(38-20-7-2-8-21-38)60-57(59-55)46-28-17-31-49-52(46)45-33-32-41(36-51(45)62(49)40-24-11-4-12-25-40)63-47-29-15-13-26-42(47)43-34-35-50-53(54(43)63)44-27-14-16-30-48(44)61(50)39-22-9-3-10-23-39/h1-36H. The van der Waals surface area contributed by atoms with Crippen LogP contribution < -0.4 is 0 Å². The van der Waals surface area contributed by atoms with E-state index >= 15 is 0 Å². The van der Waals surface area contributed by atoms with Gasteiger partial charge in [0.2, 0.25) is 0 Å². The van der Waals surface area contributed by atoms with E-state index in [0.717, 1.165) is 61.1 Å². The lowest BCUT2D eigenvalue weighted by Crippen LogP contribution is -2.00. The van der Waals surface area contributed by atoms with Crippen molar-refractivity contribution >= 4 is 65.4 Å². The molecule has 13 aromatic rings. The van der Waals surface area contributed by atoms with Crippen molar-refractivity contribution in [2.75, 3.05) is 0 Å². The molecule has 13 rings (SSSR count). The van der Waals surface area contributed by atoms with Gasteiger partial charge < -0.3 is 13.7 Å². The Bertz CT molecular complexity index is 3830. The highest BCUT2D eigenvalue weighted by Crippen LogP contribution is 2.44.